The van der Waals surface area contributed by atoms with Gasteiger partial charge < -0.3 is 22.1 Å². The fourth-order valence-corrected chi connectivity index (χ4v) is 1.31. The van der Waals surface area contributed by atoms with Crippen LogP contribution in [0.25, 0.3) is 0 Å². The molecule has 6 N–H and O–H groups in total. The summed E-state index contributed by atoms with van der Waals surface area (Å²) in [5.41, 5.74) is 11.1. The van der Waals surface area contributed by atoms with Crippen molar-refractivity contribution >= 4 is 23.2 Å². The molecule has 17 heavy (non-hydrogen) atoms. The molecule has 6 heteroatoms. The summed E-state index contributed by atoms with van der Waals surface area (Å²) in [5, 5.41) is 5.68. The number of anilines is 3. The molecule has 0 aliphatic rings. The second-order valence-electron chi connectivity index (χ2n) is 4.49. The lowest BCUT2D eigenvalue weighted by molar-refractivity contribution is -0.128. The van der Waals surface area contributed by atoms with Gasteiger partial charge in [-0.05, 0) is 26.0 Å². The molecule has 0 bridgehead atoms. The maximum Gasteiger partial charge on any atom is 0.227 e. The van der Waals surface area contributed by atoms with Crippen molar-refractivity contribution in [2.24, 2.45) is 5.41 Å². The molecular weight excluding hydrogens is 218 g/mol. The molecule has 94 valence electrons. The van der Waals surface area contributed by atoms with E-state index in [4.69, 9.17) is 11.5 Å². The molecule has 1 aromatic heterocycles. The maximum absolute atomic E-state index is 11.6. The van der Waals surface area contributed by atoms with Gasteiger partial charge in [-0.2, -0.15) is 0 Å². The van der Waals surface area contributed by atoms with Gasteiger partial charge in [0.1, 0.15) is 11.6 Å². The third kappa shape index (κ3) is 3.24. The minimum Gasteiger partial charge on any atom is -0.396 e. The number of rotatable bonds is 4. The van der Waals surface area contributed by atoms with Crippen LogP contribution in [0.5, 0.6) is 0 Å². The molecule has 0 fully saturated rings. The Bertz CT molecular complexity index is 416. The van der Waals surface area contributed by atoms with Crippen LogP contribution in [0.3, 0.4) is 0 Å². The zero-order valence-corrected chi connectivity index (χ0v) is 10.4. The average molecular weight is 237 g/mol. The minimum absolute atomic E-state index is 0.0339. The van der Waals surface area contributed by atoms with Gasteiger partial charge in [-0.15, -0.1) is 0 Å². The van der Waals surface area contributed by atoms with Crippen LogP contribution in [-0.4, -0.2) is 24.5 Å². The molecule has 0 saturated heterocycles. The van der Waals surface area contributed by atoms with E-state index in [1.54, 1.807) is 19.2 Å². The summed E-state index contributed by atoms with van der Waals surface area (Å²) < 4.78 is 0. The van der Waals surface area contributed by atoms with Crippen LogP contribution in [0.1, 0.15) is 13.8 Å². The molecule has 1 rings (SSSR count). The summed E-state index contributed by atoms with van der Waals surface area (Å²) in [7, 11) is 1.61. The van der Waals surface area contributed by atoms with Crippen LogP contribution in [-0.2, 0) is 4.79 Å². The topological polar surface area (TPSA) is 106 Å². The van der Waals surface area contributed by atoms with E-state index < -0.39 is 5.41 Å². The minimum atomic E-state index is -0.521. The second kappa shape index (κ2) is 4.90. The van der Waals surface area contributed by atoms with Gasteiger partial charge in [0.15, 0.2) is 0 Å². The van der Waals surface area contributed by atoms with E-state index in [0.717, 1.165) is 0 Å². The van der Waals surface area contributed by atoms with Crippen molar-refractivity contribution in [3.8, 4) is 0 Å². The third-order valence-corrected chi connectivity index (χ3v) is 2.51. The normalized spacial score (nSPS) is 11.0. The molecule has 1 aromatic rings. The number of nitrogens with two attached hydrogens (primary N) is 2. The van der Waals surface area contributed by atoms with E-state index in [0.29, 0.717) is 18.1 Å². The Balaban J connectivity index is 2.67. The number of nitrogens with one attached hydrogen (secondary N) is 2. The summed E-state index contributed by atoms with van der Waals surface area (Å²) in [5.74, 6) is 0.856. The van der Waals surface area contributed by atoms with Crippen LogP contribution < -0.4 is 22.1 Å². The summed E-state index contributed by atoms with van der Waals surface area (Å²) in [6, 6.07) is 3.41. The molecule has 0 aromatic carbocycles. The van der Waals surface area contributed by atoms with Crippen LogP contribution >= 0.6 is 0 Å². The number of carbonyl (C=O) groups excluding carboxylic acids is 1. The van der Waals surface area contributed by atoms with Crippen LogP contribution in [0.4, 0.5) is 17.3 Å². The Kier molecular flexibility index (Phi) is 3.77. The highest BCUT2D eigenvalue weighted by Gasteiger charge is 2.26. The predicted molar refractivity (Wildman–Crippen MR) is 69.4 cm³/mol. The van der Waals surface area contributed by atoms with Gasteiger partial charge in [0, 0.05) is 13.6 Å². The molecular formula is C11H19N5O. The van der Waals surface area contributed by atoms with Crippen molar-refractivity contribution in [3.63, 3.8) is 0 Å². The van der Waals surface area contributed by atoms with Crippen molar-refractivity contribution in [2.45, 2.75) is 13.8 Å². The highest BCUT2D eigenvalue weighted by atomic mass is 16.2. The maximum atomic E-state index is 11.6. The first-order valence-electron chi connectivity index (χ1n) is 5.35. The van der Waals surface area contributed by atoms with Crippen molar-refractivity contribution < 1.29 is 4.79 Å². The number of aromatic nitrogens is 1. The molecule has 0 aliphatic heterocycles. The van der Waals surface area contributed by atoms with E-state index in [1.165, 1.54) is 0 Å². The Morgan fingerprint density at radius 1 is 1.41 bits per heavy atom. The summed E-state index contributed by atoms with van der Waals surface area (Å²) >= 11 is 0. The number of amides is 1. The van der Waals surface area contributed by atoms with Gasteiger partial charge in [0.05, 0.1) is 11.1 Å². The van der Waals surface area contributed by atoms with E-state index in [2.05, 4.69) is 15.6 Å². The van der Waals surface area contributed by atoms with Gasteiger partial charge in [-0.1, -0.05) is 0 Å². The van der Waals surface area contributed by atoms with E-state index in [-0.39, 0.29) is 11.7 Å². The van der Waals surface area contributed by atoms with Crippen LogP contribution in [0.15, 0.2) is 12.1 Å². The number of hydrogen-bond donors (Lipinski definition) is 4. The van der Waals surface area contributed by atoms with Gasteiger partial charge in [0.2, 0.25) is 5.91 Å². The fourth-order valence-electron chi connectivity index (χ4n) is 1.31. The Labute approximate surface area is 101 Å². The Morgan fingerprint density at radius 2 is 2.06 bits per heavy atom. The number of nitrogens with zero attached hydrogens (tertiary/aromatic N) is 1. The first-order valence-corrected chi connectivity index (χ1v) is 5.35. The molecule has 0 aliphatic carbocycles. The zero-order valence-electron chi connectivity index (χ0n) is 10.4. The molecule has 6 nitrogen and oxygen atoms in total. The first kappa shape index (κ1) is 13.1. The standard InChI is InChI=1S/C11H19N5O/c1-11(2,10(17)14-3)6-15-8-5-4-7(12)9(13)16-8/h4-5H,6,12H2,1-3H3,(H,14,17)(H3,13,15,16). The van der Waals surface area contributed by atoms with Gasteiger partial charge in [-0.25, -0.2) is 4.98 Å². The van der Waals surface area contributed by atoms with Crippen molar-refractivity contribution in [2.75, 3.05) is 30.4 Å². The molecule has 0 spiro atoms. The molecule has 0 saturated carbocycles. The third-order valence-electron chi connectivity index (χ3n) is 2.51. The van der Waals surface area contributed by atoms with Gasteiger partial charge in [0.25, 0.3) is 0 Å². The lowest BCUT2D eigenvalue weighted by Gasteiger charge is -2.23. The van der Waals surface area contributed by atoms with E-state index >= 15 is 0 Å². The van der Waals surface area contributed by atoms with Crippen molar-refractivity contribution in [1.82, 2.24) is 10.3 Å². The summed E-state index contributed by atoms with van der Waals surface area (Å²) in [4.78, 5) is 15.6. The second-order valence-corrected chi connectivity index (χ2v) is 4.49. The fraction of sp³-hybridized carbons (Fsp3) is 0.455. The summed E-state index contributed by atoms with van der Waals surface area (Å²) in [6.45, 7) is 4.15. The van der Waals surface area contributed by atoms with Crippen molar-refractivity contribution in [1.29, 1.82) is 0 Å². The highest BCUT2D eigenvalue weighted by Crippen LogP contribution is 2.18. The Hall–Kier alpha value is -1.98. The van der Waals surface area contributed by atoms with Crippen LogP contribution in [0.2, 0.25) is 0 Å². The van der Waals surface area contributed by atoms with Gasteiger partial charge in [-0.3, -0.25) is 4.79 Å². The monoisotopic (exact) mass is 237 g/mol. The number of pyridine rings is 1. The highest BCUT2D eigenvalue weighted by molar-refractivity contribution is 5.82. The Morgan fingerprint density at radius 3 is 2.59 bits per heavy atom. The summed E-state index contributed by atoms with van der Waals surface area (Å²) in [6.07, 6.45) is 0. The largest absolute Gasteiger partial charge is 0.396 e. The number of carbonyl (C=O) groups is 1. The quantitative estimate of drug-likeness (QED) is 0.607. The number of nitrogen functional groups attached to an aromatic ring is 2. The molecule has 1 heterocycles. The predicted octanol–water partition coefficient (Wildman–Crippen LogP) is 0.430. The SMILES string of the molecule is CNC(=O)C(C)(C)CNc1ccc(N)c(N)n1. The molecule has 0 atom stereocenters. The molecule has 0 radical (unpaired) electrons. The van der Waals surface area contributed by atoms with Crippen LogP contribution in [0, 0.1) is 5.41 Å². The first-order chi connectivity index (χ1) is 7.86. The van der Waals surface area contributed by atoms with Crippen molar-refractivity contribution in [3.05, 3.63) is 12.1 Å². The lowest BCUT2D eigenvalue weighted by Crippen LogP contribution is -2.39. The zero-order chi connectivity index (χ0) is 13.1. The molecule has 1 amide bonds. The van der Waals surface area contributed by atoms with E-state index in [9.17, 15) is 4.79 Å². The average Bonchev–Trinajstić information content (AvgIpc) is 2.29. The number of hydrogen-bond acceptors (Lipinski definition) is 5. The smallest absolute Gasteiger partial charge is 0.227 e. The van der Waals surface area contributed by atoms with Gasteiger partial charge >= 0.3 is 0 Å². The molecule has 0 unspecified atom stereocenters. The van der Waals surface area contributed by atoms with E-state index in [1.807, 2.05) is 13.8 Å². The lowest BCUT2D eigenvalue weighted by atomic mass is 9.92.